The van der Waals surface area contributed by atoms with Gasteiger partial charge in [-0.05, 0) is 86.1 Å². The third-order valence-electron chi connectivity index (χ3n) is 5.92. The van der Waals surface area contributed by atoms with Crippen molar-refractivity contribution >= 4 is 33.6 Å². The molecule has 0 amide bonds. The van der Waals surface area contributed by atoms with Crippen molar-refractivity contribution in [3.63, 3.8) is 0 Å². The molecule has 2 aromatic carbocycles. The quantitative estimate of drug-likeness (QED) is 0.265. The molecule has 0 spiro atoms. The maximum Gasteiger partial charge on any atom is 0.303 e. The van der Waals surface area contributed by atoms with Gasteiger partial charge in [0.05, 0.1) is 12.1 Å². The first-order valence-corrected chi connectivity index (χ1v) is 11.3. The van der Waals surface area contributed by atoms with E-state index in [1.807, 2.05) is 25.3 Å². The Balaban J connectivity index is 1.45. The Bertz CT molecular complexity index is 1320. The molecule has 4 aromatic rings. The van der Waals surface area contributed by atoms with Crippen LogP contribution in [0.25, 0.3) is 21.8 Å². The van der Waals surface area contributed by atoms with Crippen molar-refractivity contribution in [3.8, 4) is 5.75 Å². The molecule has 6 heteroatoms. The number of aryl methyl sites for hydroxylation is 4. The second-order valence-electron chi connectivity index (χ2n) is 8.54. The summed E-state index contributed by atoms with van der Waals surface area (Å²) in [4.78, 5) is 19.7. The van der Waals surface area contributed by atoms with Crippen molar-refractivity contribution in [1.82, 2.24) is 9.97 Å². The summed E-state index contributed by atoms with van der Waals surface area (Å²) in [5.74, 6) is 0.521. The summed E-state index contributed by atoms with van der Waals surface area (Å²) in [6, 6.07) is 14.6. The number of pyridine rings is 2. The number of rotatable bonds is 9. The maximum absolute atomic E-state index is 10.6. The molecule has 0 unspecified atom stereocenters. The highest BCUT2D eigenvalue weighted by molar-refractivity contribution is 6.08. The molecule has 2 aromatic heterocycles. The number of hydrogen-bond donors (Lipinski definition) is 2. The van der Waals surface area contributed by atoms with Gasteiger partial charge in [0.2, 0.25) is 0 Å². The molecular weight excluding hydrogens is 414 g/mol. The summed E-state index contributed by atoms with van der Waals surface area (Å²) in [7, 11) is 0. The molecule has 33 heavy (non-hydrogen) atoms. The molecule has 170 valence electrons. The van der Waals surface area contributed by atoms with Gasteiger partial charge in [-0.15, -0.1) is 0 Å². The Morgan fingerprint density at radius 1 is 1.03 bits per heavy atom. The number of nitrogens with zero attached hydrogens (tertiary/aromatic N) is 2. The van der Waals surface area contributed by atoms with Crippen LogP contribution in [0.4, 0.5) is 5.82 Å². The summed E-state index contributed by atoms with van der Waals surface area (Å²) < 4.78 is 5.77. The lowest BCUT2D eigenvalue weighted by molar-refractivity contribution is -0.137. The van der Waals surface area contributed by atoms with Crippen LogP contribution in [-0.2, 0) is 17.6 Å². The van der Waals surface area contributed by atoms with Gasteiger partial charge in [-0.25, -0.2) is 4.98 Å². The summed E-state index contributed by atoms with van der Waals surface area (Å²) in [6.07, 6.45) is 5.21. The number of carboxylic acids is 1. The van der Waals surface area contributed by atoms with Crippen LogP contribution in [0.3, 0.4) is 0 Å². The number of carbonyl (C=O) groups is 1. The molecule has 0 saturated carbocycles. The number of benzene rings is 2. The first kappa shape index (κ1) is 22.5. The van der Waals surface area contributed by atoms with E-state index in [4.69, 9.17) is 15.6 Å². The second kappa shape index (κ2) is 9.86. The monoisotopic (exact) mass is 443 g/mol. The molecule has 0 aliphatic carbocycles. The second-order valence-corrected chi connectivity index (χ2v) is 8.54. The standard InChI is InChI=1S/C27H29N3O3/c1-17-6-11-22-23-15-19(16-29-26(23)27(28)30-24(22)13-17)7-8-20-9-10-21(14-18(20)2)33-12-4-3-5-25(31)32/h6,9-11,13-16H,3-5,7-8,12H2,1-2H3,(H2,28,30)(H,31,32). The first-order valence-electron chi connectivity index (χ1n) is 11.3. The molecule has 0 fully saturated rings. The van der Waals surface area contributed by atoms with E-state index in [2.05, 4.69) is 47.2 Å². The Kier molecular flexibility index (Phi) is 6.73. The van der Waals surface area contributed by atoms with Crippen molar-refractivity contribution < 1.29 is 14.6 Å². The fraction of sp³-hybridized carbons (Fsp3) is 0.296. The van der Waals surface area contributed by atoms with Gasteiger partial charge in [0.25, 0.3) is 0 Å². The van der Waals surface area contributed by atoms with E-state index in [-0.39, 0.29) is 6.42 Å². The van der Waals surface area contributed by atoms with E-state index in [0.29, 0.717) is 18.8 Å². The van der Waals surface area contributed by atoms with Crippen LogP contribution in [0.5, 0.6) is 5.75 Å². The zero-order valence-corrected chi connectivity index (χ0v) is 19.1. The molecule has 0 bridgehead atoms. The summed E-state index contributed by atoms with van der Waals surface area (Å²) >= 11 is 0. The Labute approximate surface area is 193 Å². The first-order chi connectivity index (χ1) is 15.9. The average molecular weight is 444 g/mol. The molecule has 4 rings (SSSR count). The number of aliphatic carboxylic acids is 1. The molecule has 2 heterocycles. The SMILES string of the molecule is Cc1ccc2c(c1)nc(N)c1ncc(CCc3ccc(OCCCCC(=O)O)cc3C)cc12. The molecule has 3 N–H and O–H groups in total. The number of aromatic nitrogens is 2. The van der Waals surface area contributed by atoms with E-state index in [9.17, 15) is 4.79 Å². The number of ether oxygens (including phenoxy) is 1. The van der Waals surface area contributed by atoms with E-state index in [1.54, 1.807) is 0 Å². The molecule has 0 radical (unpaired) electrons. The lowest BCUT2D eigenvalue weighted by atomic mass is 9.99. The highest BCUT2D eigenvalue weighted by atomic mass is 16.5. The number of carboxylic acid groups (broad SMARTS) is 1. The zero-order chi connectivity index (χ0) is 23.4. The van der Waals surface area contributed by atoms with Gasteiger partial charge in [-0.3, -0.25) is 9.78 Å². The highest BCUT2D eigenvalue weighted by Gasteiger charge is 2.10. The number of fused-ring (bicyclic) bond motifs is 3. The average Bonchev–Trinajstić information content (AvgIpc) is 2.78. The van der Waals surface area contributed by atoms with Crippen molar-refractivity contribution in [2.45, 2.75) is 46.0 Å². The molecule has 0 atom stereocenters. The normalized spacial score (nSPS) is 11.2. The summed E-state index contributed by atoms with van der Waals surface area (Å²) in [5, 5.41) is 10.8. The van der Waals surface area contributed by atoms with Crippen molar-refractivity contribution in [1.29, 1.82) is 0 Å². The Morgan fingerprint density at radius 2 is 1.88 bits per heavy atom. The lowest BCUT2D eigenvalue weighted by Crippen LogP contribution is -2.01. The number of unbranched alkanes of at least 4 members (excludes halogenated alkanes) is 1. The molecule has 0 saturated heterocycles. The van der Waals surface area contributed by atoms with Crippen molar-refractivity contribution in [2.24, 2.45) is 0 Å². The predicted octanol–water partition coefficient (Wildman–Crippen LogP) is 5.40. The fourth-order valence-corrected chi connectivity index (χ4v) is 4.08. The Hall–Kier alpha value is -3.67. The van der Waals surface area contributed by atoms with E-state index in [0.717, 1.165) is 57.9 Å². The van der Waals surface area contributed by atoms with Gasteiger partial charge in [0, 0.05) is 23.4 Å². The summed E-state index contributed by atoms with van der Waals surface area (Å²) in [6.45, 7) is 4.67. The number of hydrogen-bond acceptors (Lipinski definition) is 5. The topological polar surface area (TPSA) is 98.3 Å². The smallest absolute Gasteiger partial charge is 0.303 e. The van der Waals surface area contributed by atoms with Crippen LogP contribution < -0.4 is 10.5 Å². The highest BCUT2D eigenvalue weighted by Crippen LogP contribution is 2.28. The maximum atomic E-state index is 10.6. The number of nitrogens with two attached hydrogens (primary N) is 1. The molecular formula is C27H29N3O3. The van der Waals surface area contributed by atoms with E-state index >= 15 is 0 Å². The Morgan fingerprint density at radius 3 is 2.67 bits per heavy atom. The van der Waals surface area contributed by atoms with E-state index < -0.39 is 5.97 Å². The molecule has 0 aliphatic heterocycles. The van der Waals surface area contributed by atoms with Crippen molar-refractivity contribution in [3.05, 3.63) is 70.9 Å². The van der Waals surface area contributed by atoms with Gasteiger partial charge in [0.15, 0.2) is 5.82 Å². The third kappa shape index (κ3) is 5.40. The van der Waals surface area contributed by atoms with Crippen molar-refractivity contribution in [2.75, 3.05) is 12.3 Å². The van der Waals surface area contributed by atoms with Crippen LogP contribution in [-0.4, -0.2) is 27.7 Å². The summed E-state index contributed by atoms with van der Waals surface area (Å²) in [5.41, 5.74) is 12.6. The van der Waals surface area contributed by atoms with Gasteiger partial charge in [-0.2, -0.15) is 0 Å². The van der Waals surface area contributed by atoms with Gasteiger partial charge in [-0.1, -0.05) is 18.2 Å². The minimum Gasteiger partial charge on any atom is -0.494 e. The van der Waals surface area contributed by atoms with Crippen LogP contribution in [0, 0.1) is 13.8 Å². The van der Waals surface area contributed by atoms with Gasteiger partial charge >= 0.3 is 5.97 Å². The predicted molar refractivity (Wildman–Crippen MR) is 132 cm³/mol. The fourth-order valence-electron chi connectivity index (χ4n) is 4.08. The minimum absolute atomic E-state index is 0.184. The molecule has 6 nitrogen and oxygen atoms in total. The van der Waals surface area contributed by atoms with Gasteiger partial charge < -0.3 is 15.6 Å². The number of anilines is 1. The largest absolute Gasteiger partial charge is 0.494 e. The lowest BCUT2D eigenvalue weighted by Gasteiger charge is -2.11. The molecule has 0 aliphatic rings. The van der Waals surface area contributed by atoms with Crippen LogP contribution >= 0.6 is 0 Å². The third-order valence-corrected chi connectivity index (χ3v) is 5.92. The van der Waals surface area contributed by atoms with Gasteiger partial charge in [0.1, 0.15) is 11.3 Å². The van der Waals surface area contributed by atoms with Crippen LogP contribution in [0.1, 0.15) is 41.5 Å². The van der Waals surface area contributed by atoms with Crippen LogP contribution in [0.2, 0.25) is 0 Å². The van der Waals surface area contributed by atoms with E-state index in [1.165, 1.54) is 11.1 Å². The number of nitrogen functional groups attached to an aromatic ring is 1. The minimum atomic E-state index is -0.764. The zero-order valence-electron chi connectivity index (χ0n) is 19.1. The van der Waals surface area contributed by atoms with Crippen LogP contribution in [0.15, 0.2) is 48.7 Å².